The first-order valence-corrected chi connectivity index (χ1v) is 9.81. The van der Waals surface area contributed by atoms with Crippen molar-refractivity contribution in [3.63, 3.8) is 0 Å². The van der Waals surface area contributed by atoms with E-state index in [1.807, 2.05) is 67.6 Å². The molecule has 1 aliphatic rings. The molecule has 0 aliphatic heterocycles. The second-order valence-corrected chi connectivity index (χ2v) is 7.34. The minimum absolute atomic E-state index is 0.0286. The number of carbonyl (C=O) groups is 2. The monoisotopic (exact) mass is 364 g/mol. The molecule has 4 heteroatoms. The van der Waals surface area contributed by atoms with Crippen molar-refractivity contribution in [2.45, 2.75) is 57.7 Å². The third kappa shape index (κ3) is 5.43. The average Bonchev–Trinajstić information content (AvgIpc) is 3.20. The number of hydrogen-bond acceptors (Lipinski definition) is 2. The Balaban J connectivity index is 1.73. The van der Waals surface area contributed by atoms with Crippen LogP contribution in [0.15, 0.2) is 60.7 Å². The Bertz CT molecular complexity index is 739. The van der Waals surface area contributed by atoms with E-state index in [0.29, 0.717) is 13.0 Å². The van der Waals surface area contributed by atoms with Crippen molar-refractivity contribution in [3.8, 4) is 0 Å². The summed E-state index contributed by atoms with van der Waals surface area (Å²) in [5, 5.41) is 3.13. The maximum absolute atomic E-state index is 13.0. The molecule has 27 heavy (non-hydrogen) atoms. The van der Waals surface area contributed by atoms with Crippen LogP contribution < -0.4 is 5.32 Å². The van der Waals surface area contributed by atoms with Gasteiger partial charge in [-0.1, -0.05) is 73.5 Å². The summed E-state index contributed by atoms with van der Waals surface area (Å²) in [7, 11) is 0. The van der Waals surface area contributed by atoms with E-state index in [2.05, 4.69) is 5.32 Å². The number of rotatable bonds is 7. The zero-order valence-electron chi connectivity index (χ0n) is 15.9. The fraction of sp³-hybridized carbons (Fsp3) is 0.391. The van der Waals surface area contributed by atoms with Gasteiger partial charge in [-0.3, -0.25) is 9.59 Å². The molecule has 0 spiro atoms. The molecule has 4 nitrogen and oxygen atoms in total. The fourth-order valence-electron chi connectivity index (χ4n) is 3.63. The lowest BCUT2D eigenvalue weighted by Gasteiger charge is -2.30. The van der Waals surface area contributed by atoms with Gasteiger partial charge in [0.05, 0.1) is 6.42 Å². The molecule has 1 unspecified atom stereocenters. The van der Waals surface area contributed by atoms with Crippen molar-refractivity contribution >= 4 is 11.8 Å². The lowest BCUT2D eigenvalue weighted by Crippen LogP contribution is -2.50. The highest BCUT2D eigenvalue weighted by atomic mass is 16.2. The van der Waals surface area contributed by atoms with Gasteiger partial charge in [-0.15, -0.1) is 0 Å². The maximum atomic E-state index is 13.0. The summed E-state index contributed by atoms with van der Waals surface area (Å²) >= 11 is 0. The van der Waals surface area contributed by atoms with Gasteiger partial charge in [0.1, 0.15) is 6.04 Å². The first-order valence-electron chi connectivity index (χ1n) is 9.81. The van der Waals surface area contributed by atoms with E-state index in [1.54, 1.807) is 4.90 Å². The van der Waals surface area contributed by atoms with E-state index in [0.717, 1.165) is 24.0 Å². The molecule has 2 aromatic rings. The number of benzene rings is 2. The normalized spacial score (nSPS) is 15.3. The van der Waals surface area contributed by atoms with Crippen LogP contribution >= 0.6 is 0 Å². The van der Waals surface area contributed by atoms with E-state index in [1.165, 1.54) is 12.8 Å². The second-order valence-electron chi connectivity index (χ2n) is 7.34. The lowest BCUT2D eigenvalue weighted by molar-refractivity contribution is -0.140. The van der Waals surface area contributed by atoms with Gasteiger partial charge < -0.3 is 10.2 Å². The molecule has 0 aromatic heterocycles. The van der Waals surface area contributed by atoms with Gasteiger partial charge in [-0.2, -0.15) is 0 Å². The smallest absolute Gasteiger partial charge is 0.242 e. The number of carbonyl (C=O) groups excluding carboxylic acids is 2. The van der Waals surface area contributed by atoms with E-state index in [-0.39, 0.29) is 17.9 Å². The van der Waals surface area contributed by atoms with E-state index in [9.17, 15) is 9.59 Å². The molecule has 2 amide bonds. The zero-order valence-corrected chi connectivity index (χ0v) is 15.9. The quantitative estimate of drug-likeness (QED) is 0.814. The van der Waals surface area contributed by atoms with E-state index < -0.39 is 6.04 Å². The molecule has 2 aromatic carbocycles. The van der Waals surface area contributed by atoms with E-state index >= 15 is 0 Å². The molecule has 0 bridgehead atoms. The van der Waals surface area contributed by atoms with Crippen LogP contribution in [-0.2, 0) is 22.6 Å². The summed E-state index contributed by atoms with van der Waals surface area (Å²) in [5.74, 6) is -0.0848. The van der Waals surface area contributed by atoms with Crippen LogP contribution in [0.3, 0.4) is 0 Å². The molecule has 3 rings (SSSR count). The largest absolute Gasteiger partial charge is 0.352 e. The van der Waals surface area contributed by atoms with Crippen molar-refractivity contribution in [1.29, 1.82) is 0 Å². The summed E-state index contributed by atoms with van der Waals surface area (Å²) in [6, 6.07) is 19.3. The molecule has 0 saturated heterocycles. The second kappa shape index (κ2) is 9.36. The maximum Gasteiger partial charge on any atom is 0.242 e. The van der Waals surface area contributed by atoms with Gasteiger partial charge in [-0.05, 0) is 30.9 Å². The molecule has 1 fully saturated rings. The number of nitrogens with zero attached hydrogens (tertiary/aromatic N) is 1. The molecule has 1 aliphatic carbocycles. The van der Waals surface area contributed by atoms with Crippen LogP contribution in [0.4, 0.5) is 0 Å². The summed E-state index contributed by atoms with van der Waals surface area (Å²) < 4.78 is 0. The SMILES string of the molecule is CC(C(=O)NC1CCCC1)N(Cc1ccccc1)C(=O)Cc1ccccc1. The molecule has 0 radical (unpaired) electrons. The van der Waals surface area contributed by atoms with Gasteiger partial charge in [0, 0.05) is 12.6 Å². The van der Waals surface area contributed by atoms with Crippen molar-refractivity contribution in [1.82, 2.24) is 10.2 Å². The minimum atomic E-state index is -0.498. The first-order chi connectivity index (χ1) is 13.1. The molecular weight excluding hydrogens is 336 g/mol. The predicted octanol–water partition coefficient (Wildman–Crippen LogP) is 3.71. The Kier molecular flexibility index (Phi) is 6.64. The summed E-state index contributed by atoms with van der Waals surface area (Å²) in [4.78, 5) is 27.5. The Hall–Kier alpha value is -2.62. The van der Waals surface area contributed by atoms with Gasteiger partial charge in [0.15, 0.2) is 0 Å². The van der Waals surface area contributed by atoms with Crippen LogP contribution in [-0.4, -0.2) is 28.8 Å². The van der Waals surface area contributed by atoms with Crippen LogP contribution in [0.1, 0.15) is 43.7 Å². The van der Waals surface area contributed by atoms with Crippen molar-refractivity contribution in [2.75, 3.05) is 0 Å². The van der Waals surface area contributed by atoms with Crippen LogP contribution in [0, 0.1) is 0 Å². The number of amides is 2. The molecular formula is C23H28N2O2. The van der Waals surface area contributed by atoms with Crippen LogP contribution in [0.2, 0.25) is 0 Å². The van der Waals surface area contributed by atoms with E-state index in [4.69, 9.17) is 0 Å². The van der Waals surface area contributed by atoms with Crippen LogP contribution in [0.25, 0.3) is 0 Å². The highest BCUT2D eigenvalue weighted by Crippen LogP contribution is 2.19. The van der Waals surface area contributed by atoms with Gasteiger partial charge in [0.2, 0.25) is 11.8 Å². The Labute approximate surface area is 161 Å². The molecule has 1 N–H and O–H groups in total. The van der Waals surface area contributed by atoms with Crippen LogP contribution in [0.5, 0.6) is 0 Å². The van der Waals surface area contributed by atoms with Crippen molar-refractivity contribution < 1.29 is 9.59 Å². The molecule has 1 atom stereocenters. The molecule has 1 saturated carbocycles. The van der Waals surface area contributed by atoms with Crippen molar-refractivity contribution in [2.24, 2.45) is 0 Å². The highest BCUT2D eigenvalue weighted by molar-refractivity contribution is 5.88. The predicted molar refractivity (Wildman–Crippen MR) is 107 cm³/mol. The Morgan fingerprint density at radius 1 is 0.963 bits per heavy atom. The topological polar surface area (TPSA) is 49.4 Å². The van der Waals surface area contributed by atoms with Gasteiger partial charge in [0.25, 0.3) is 0 Å². The standard InChI is InChI=1S/C23H28N2O2/c1-18(23(27)24-21-14-8-9-15-21)25(17-20-12-6-3-7-13-20)22(26)16-19-10-4-2-5-11-19/h2-7,10-13,18,21H,8-9,14-17H2,1H3,(H,24,27). The van der Waals surface area contributed by atoms with Gasteiger partial charge in [-0.25, -0.2) is 0 Å². The Morgan fingerprint density at radius 2 is 1.52 bits per heavy atom. The lowest BCUT2D eigenvalue weighted by atomic mass is 10.1. The first kappa shape index (κ1) is 19.2. The van der Waals surface area contributed by atoms with Crippen molar-refractivity contribution in [3.05, 3.63) is 71.8 Å². The fourth-order valence-corrected chi connectivity index (χ4v) is 3.63. The zero-order chi connectivity index (χ0) is 19.1. The average molecular weight is 364 g/mol. The number of hydrogen-bond donors (Lipinski definition) is 1. The Morgan fingerprint density at radius 3 is 2.11 bits per heavy atom. The summed E-state index contributed by atoms with van der Waals surface area (Å²) in [6.45, 7) is 2.27. The number of nitrogens with one attached hydrogen (secondary N) is 1. The third-order valence-corrected chi connectivity index (χ3v) is 5.26. The highest BCUT2D eigenvalue weighted by Gasteiger charge is 2.28. The third-order valence-electron chi connectivity index (χ3n) is 5.26. The molecule has 0 heterocycles. The minimum Gasteiger partial charge on any atom is -0.352 e. The molecule has 142 valence electrons. The van der Waals surface area contributed by atoms with Gasteiger partial charge >= 0.3 is 0 Å². The summed E-state index contributed by atoms with van der Waals surface area (Å²) in [5.41, 5.74) is 1.99. The summed E-state index contributed by atoms with van der Waals surface area (Å²) in [6.07, 6.45) is 4.71.